The molecule has 0 fully saturated rings. The van der Waals surface area contributed by atoms with E-state index in [9.17, 15) is 5.11 Å². The summed E-state index contributed by atoms with van der Waals surface area (Å²) >= 11 is 0. The van der Waals surface area contributed by atoms with Crippen LogP contribution in [0.4, 0.5) is 0 Å². The van der Waals surface area contributed by atoms with Crippen molar-refractivity contribution < 1.29 is 14.3 Å². The van der Waals surface area contributed by atoms with Crippen LogP contribution >= 0.6 is 0 Å². The summed E-state index contributed by atoms with van der Waals surface area (Å²) in [7, 11) is -1.30. The molecule has 0 spiro atoms. The molecule has 0 aliphatic rings. The van der Waals surface area contributed by atoms with E-state index in [-0.39, 0.29) is 17.4 Å². The van der Waals surface area contributed by atoms with Crippen LogP contribution in [-0.4, -0.2) is 33.0 Å². The topological polar surface area (TPSA) is 38.7 Å². The van der Waals surface area contributed by atoms with Gasteiger partial charge in [-0.2, -0.15) is 0 Å². The second-order valence-electron chi connectivity index (χ2n) is 9.35. The molecule has 4 heteroatoms. The van der Waals surface area contributed by atoms with E-state index in [1.165, 1.54) is 11.1 Å². The van der Waals surface area contributed by atoms with Crippen LogP contribution in [0.15, 0.2) is 54.6 Å². The van der Waals surface area contributed by atoms with Crippen LogP contribution in [0.1, 0.15) is 37.5 Å². The fourth-order valence-corrected chi connectivity index (χ4v) is 4.80. The highest BCUT2D eigenvalue weighted by atomic mass is 28.3. The smallest absolute Gasteiger partial charge is 0.171 e. The summed E-state index contributed by atoms with van der Waals surface area (Å²) < 4.78 is 12.4. The first kappa shape index (κ1) is 23.8. The number of aliphatic hydroxyl groups is 1. The molecule has 0 saturated carbocycles. The largest absolute Gasteiger partial charge is 0.415 e. The van der Waals surface area contributed by atoms with Gasteiger partial charge >= 0.3 is 0 Å². The van der Waals surface area contributed by atoms with Gasteiger partial charge in [0.15, 0.2) is 9.04 Å². The van der Waals surface area contributed by atoms with Gasteiger partial charge in [-0.3, -0.25) is 0 Å². The van der Waals surface area contributed by atoms with Crippen LogP contribution in [0, 0.1) is 18.3 Å². The average Bonchev–Trinajstić information content (AvgIpc) is 2.66. The van der Waals surface area contributed by atoms with Gasteiger partial charge in [0.1, 0.15) is 0 Å². The first-order valence-corrected chi connectivity index (χ1v) is 13.5. The maximum absolute atomic E-state index is 11.4. The fourth-order valence-electron chi connectivity index (χ4n) is 3.64. The van der Waals surface area contributed by atoms with Gasteiger partial charge in [0.05, 0.1) is 25.4 Å². The highest BCUT2D eigenvalue weighted by molar-refractivity contribution is 6.48. The fraction of sp³-hybridized carbons (Fsp3) is 0.520. The van der Waals surface area contributed by atoms with Crippen molar-refractivity contribution in [3.63, 3.8) is 0 Å². The van der Waals surface area contributed by atoms with Crippen molar-refractivity contribution in [2.24, 2.45) is 11.3 Å². The molecule has 3 nitrogen and oxygen atoms in total. The van der Waals surface area contributed by atoms with Gasteiger partial charge in [-0.05, 0) is 48.5 Å². The van der Waals surface area contributed by atoms with Crippen molar-refractivity contribution in [3.05, 3.63) is 71.3 Å². The lowest BCUT2D eigenvalue weighted by atomic mass is 9.79. The molecular formula is C25H38O3Si. The Kier molecular flexibility index (Phi) is 9.09. The number of hydrogen-bond donors (Lipinski definition) is 1. The van der Waals surface area contributed by atoms with Gasteiger partial charge in [-0.15, -0.1) is 0 Å². The molecule has 0 saturated heterocycles. The molecule has 1 N–H and O–H groups in total. The number of ether oxygens (including phenoxy) is 1. The van der Waals surface area contributed by atoms with E-state index in [4.69, 9.17) is 9.16 Å². The minimum atomic E-state index is -1.30. The molecule has 2 rings (SSSR count). The molecule has 2 aromatic carbocycles. The summed E-state index contributed by atoms with van der Waals surface area (Å²) in [5, 5.41) is 11.4. The maximum atomic E-state index is 11.4. The van der Waals surface area contributed by atoms with Gasteiger partial charge in [0, 0.05) is 5.92 Å². The summed E-state index contributed by atoms with van der Waals surface area (Å²) in [4.78, 5) is 0. The molecule has 160 valence electrons. The Labute approximate surface area is 178 Å². The van der Waals surface area contributed by atoms with Crippen LogP contribution in [0.25, 0.3) is 0 Å². The molecule has 1 unspecified atom stereocenters. The number of benzene rings is 2. The van der Waals surface area contributed by atoms with Gasteiger partial charge in [0.2, 0.25) is 0 Å². The van der Waals surface area contributed by atoms with E-state index in [0.717, 1.165) is 12.0 Å². The zero-order valence-corrected chi connectivity index (χ0v) is 20.0. The lowest BCUT2D eigenvalue weighted by Crippen LogP contribution is -2.47. The van der Waals surface area contributed by atoms with Crippen molar-refractivity contribution in [1.82, 2.24) is 0 Å². The Morgan fingerprint density at radius 2 is 1.59 bits per heavy atom. The predicted octanol–water partition coefficient (Wildman–Crippen LogP) is 5.15. The van der Waals surface area contributed by atoms with E-state index < -0.39 is 15.1 Å². The molecular weight excluding hydrogens is 376 g/mol. The van der Waals surface area contributed by atoms with Gasteiger partial charge in [-0.1, -0.05) is 75.4 Å². The molecule has 0 amide bonds. The quantitative estimate of drug-likeness (QED) is 0.547. The van der Waals surface area contributed by atoms with Gasteiger partial charge < -0.3 is 14.3 Å². The standard InChI is InChI=1S/C25H38O3Si/c1-19-12-10-11-15-21(19)16-22(18-27-17-20-13-8-7-9-14-20)23(26)24(25(2,3)4)28-29(5)6/h7-15,22-24,26,29H,16-18H2,1-6H3/t22-,23-,24?/m1/s1. The number of aryl methyl sites for hydroxylation is 1. The molecule has 3 atom stereocenters. The summed E-state index contributed by atoms with van der Waals surface area (Å²) in [6.07, 6.45) is -0.0121. The molecule has 0 radical (unpaired) electrons. The zero-order valence-electron chi connectivity index (χ0n) is 18.9. The minimum Gasteiger partial charge on any atom is -0.415 e. The van der Waals surface area contributed by atoms with E-state index in [1.807, 2.05) is 18.2 Å². The van der Waals surface area contributed by atoms with E-state index in [2.05, 4.69) is 77.2 Å². The Morgan fingerprint density at radius 1 is 0.966 bits per heavy atom. The second-order valence-corrected chi connectivity index (χ2v) is 11.7. The third kappa shape index (κ3) is 7.70. The Hall–Kier alpha value is -1.46. The second kappa shape index (κ2) is 11.1. The normalized spacial score (nSPS) is 15.3. The van der Waals surface area contributed by atoms with Crippen LogP contribution < -0.4 is 0 Å². The Morgan fingerprint density at radius 3 is 2.17 bits per heavy atom. The van der Waals surface area contributed by atoms with E-state index >= 15 is 0 Å². The first-order chi connectivity index (χ1) is 13.7. The van der Waals surface area contributed by atoms with Crippen LogP contribution in [0.2, 0.25) is 13.1 Å². The highest BCUT2D eigenvalue weighted by Crippen LogP contribution is 2.31. The molecule has 0 aliphatic carbocycles. The molecule has 0 bridgehead atoms. The van der Waals surface area contributed by atoms with E-state index in [1.54, 1.807) is 0 Å². The van der Waals surface area contributed by atoms with Gasteiger partial charge in [-0.25, -0.2) is 0 Å². The number of rotatable bonds is 10. The van der Waals surface area contributed by atoms with Crippen LogP contribution in [0.3, 0.4) is 0 Å². The first-order valence-electron chi connectivity index (χ1n) is 10.7. The van der Waals surface area contributed by atoms with E-state index in [0.29, 0.717) is 13.2 Å². The van der Waals surface area contributed by atoms with Crippen molar-refractivity contribution in [2.45, 2.75) is 66.0 Å². The molecule has 0 aliphatic heterocycles. The summed E-state index contributed by atoms with van der Waals surface area (Å²) in [6.45, 7) is 13.9. The third-order valence-electron chi connectivity index (χ3n) is 5.25. The number of aliphatic hydroxyl groups excluding tert-OH is 1. The van der Waals surface area contributed by atoms with Gasteiger partial charge in [0.25, 0.3) is 0 Å². The Balaban J connectivity index is 2.18. The summed E-state index contributed by atoms with van der Waals surface area (Å²) in [5.74, 6) is -0.0308. The minimum absolute atomic E-state index is 0.0308. The van der Waals surface area contributed by atoms with Crippen molar-refractivity contribution in [3.8, 4) is 0 Å². The van der Waals surface area contributed by atoms with Crippen LogP contribution in [-0.2, 0) is 22.2 Å². The lowest BCUT2D eigenvalue weighted by Gasteiger charge is -2.39. The van der Waals surface area contributed by atoms with Crippen LogP contribution in [0.5, 0.6) is 0 Å². The zero-order chi connectivity index (χ0) is 21.4. The molecule has 0 heterocycles. The van der Waals surface area contributed by atoms with Crippen molar-refractivity contribution in [2.75, 3.05) is 6.61 Å². The molecule has 2 aromatic rings. The summed E-state index contributed by atoms with van der Waals surface area (Å²) in [5.41, 5.74) is 3.52. The Bertz CT molecular complexity index is 724. The third-order valence-corrected chi connectivity index (χ3v) is 6.09. The molecule has 29 heavy (non-hydrogen) atoms. The number of hydrogen-bond acceptors (Lipinski definition) is 3. The van der Waals surface area contributed by atoms with Crippen molar-refractivity contribution >= 4 is 9.04 Å². The maximum Gasteiger partial charge on any atom is 0.171 e. The average molecular weight is 415 g/mol. The monoisotopic (exact) mass is 414 g/mol. The summed E-state index contributed by atoms with van der Waals surface area (Å²) in [6, 6.07) is 18.6. The lowest BCUT2D eigenvalue weighted by molar-refractivity contribution is -0.0763. The van der Waals surface area contributed by atoms with Crippen molar-refractivity contribution in [1.29, 1.82) is 0 Å². The SMILES string of the molecule is Cc1ccccc1C[C@H](COCc1ccccc1)[C@@H](O)C(O[SiH](C)C)C(C)(C)C. The predicted molar refractivity (Wildman–Crippen MR) is 124 cm³/mol. The highest BCUT2D eigenvalue weighted by Gasteiger charge is 2.37. The molecule has 0 aromatic heterocycles.